The minimum absolute atomic E-state index is 0.260. The van der Waals surface area contributed by atoms with Crippen LogP contribution in [0.15, 0.2) is 0 Å². The highest BCUT2D eigenvalue weighted by Gasteiger charge is 2.11. The first-order valence-electron chi connectivity index (χ1n) is 4.41. The number of hydrogen-bond donors (Lipinski definition) is 1. The average molecular weight is 157 g/mol. The van der Waals surface area contributed by atoms with Gasteiger partial charge in [0.15, 0.2) is 0 Å². The summed E-state index contributed by atoms with van der Waals surface area (Å²) < 4.78 is 5.26. The number of morpholine rings is 1. The number of nitrogens with one attached hydrogen (secondary N) is 1. The van der Waals surface area contributed by atoms with Crippen molar-refractivity contribution in [3.05, 3.63) is 0 Å². The average Bonchev–Trinajstić information content (AvgIpc) is 2.07. The van der Waals surface area contributed by atoms with E-state index in [0.29, 0.717) is 0 Å². The molecule has 1 radical (unpaired) electrons. The Hall–Kier alpha value is -0.120. The van der Waals surface area contributed by atoms with Gasteiger partial charge in [0.1, 0.15) is 0 Å². The Kier molecular flexibility index (Phi) is 4.50. The van der Waals surface area contributed by atoms with Crippen molar-refractivity contribution in [1.29, 1.82) is 0 Å². The first-order valence-corrected chi connectivity index (χ1v) is 4.41. The van der Waals surface area contributed by atoms with E-state index in [1.54, 1.807) is 0 Å². The van der Waals surface area contributed by atoms with Gasteiger partial charge < -0.3 is 4.74 Å². The van der Waals surface area contributed by atoms with Gasteiger partial charge in [0.2, 0.25) is 0 Å². The minimum atomic E-state index is 0.260. The molecular weight excluding hydrogens is 140 g/mol. The third kappa shape index (κ3) is 3.70. The van der Waals surface area contributed by atoms with Crippen LogP contribution in [-0.2, 0) is 4.74 Å². The molecule has 1 N–H and O–H groups in total. The zero-order valence-corrected chi connectivity index (χ0v) is 7.18. The summed E-state index contributed by atoms with van der Waals surface area (Å²) in [7, 11) is 0. The van der Waals surface area contributed by atoms with Crippen molar-refractivity contribution in [3.8, 4) is 0 Å². The van der Waals surface area contributed by atoms with Crippen molar-refractivity contribution >= 4 is 0 Å². The number of ether oxygens (including phenoxy) is 1. The van der Waals surface area contributed by atoms with E-state index in [4.69, 9.17) is 4.74 Å². The van der Waals surface area contributed by atoms with E-state index in [9.17, 15) is 0 Å². The maximum atomic E-state index is 5.26. The molecule has 0 amide bonds. The summed E-state index contributed by atoms with van der Waals surface area (Å²) in [6, 6.07) is 0. The lowest BCUT2D eigenvalue weighted by Gasteiger charge is -2.22. The lowest BCUT2D eigenvalue weighted by molar-refractivity contribution is 0.0634. The van der Waals surface area contributed by atoms with Crippen molar-refractivity contribution in [3.63, 3.8) is 0 Å². The molecule has 1 aliphatic heterocycles. The maximum Gasteiger partial charge on any atom is 0.0973 e. The molecule has 1 aliphatic rings. The first-order chi connectivity index (χ1) is 5.43. The quantitative estimate of drug-likeness (QED) is 0.597. The standard InChI is InChI=1S/C8H17N2O/c1-2-3-4-9-8-7-11-6-5-10-8/h8-9H,2-7H2,1H3. The Labute approximate surface area is 68.5 Å². The monoisotopic (exact) mass is 157 g/mol. The molecule has 0 aliphatic carbocycles. The van der Waals surface area contributed by atoms with E-state index in [-0.39, 0.29) is 6.17 Å². The fourth-order valence-corrected chi connectivity index (χ4v) is 1.09. The molecule has 65 valence electrons. The lowest BCUT2D eigenvalue weighted by Crippen LogP contribution is -2.46. The largest absolute Gasteiger partial charge is 0.377 e. The number of rotatable bonds is 4. The summed E-state index contributed by atoms with van der Waals surface area (Å²) in [6.45, 7) is 5.66. The Bertz CT molecular complexity index is 92.1. The van der Waals surface area contributed by atoms with E-state index in [2.05, 4.69) is 17.6 Å². The molecule has 0 aromatic rings. The SMILES string of the molecule is CCCCNC1COCC[N]1. The van der Waals surface area contributed by atoms with Gasteiger partial charge in [0.05, 0.1) is 19.4 Å². The van der Waals surface area contributed by atoms with Gasteiger partial charge in [-0.3, -0.25) is 5.32 Å². The van der Waals surface area contributed by atoms with Crippen LogP contribution >= 0.6 is 0 Å². The molecule has 3 nitrogen and oxygen atoms in total. The third-order valence-electron chi connectivity index (χ3n) is 1.77. The molecule has 0 bridgehead atoms. The summed E-state index contributed by atoms with van der Waals surface area (Å²) in [5.74, 6) is 0. The molecule has 1 fully saturated rings. The summed E-state index contributed by atoms with van der Waals surface area (Å²) in [5, 5.41) is 7.70. The smallest absolute Gasteiger partial charge is 0.0973 e. The lowest BCUT2D eigenvalue weighted by atomic mass is 10.3. The third-order valence-corrected chi connectivity index (χ3v) is 1.77. The fourth-order valence-electron chi connectivity index (χ4n) is 1.09. The van der Waals surface area contributed by atoms with Crippen LogP contribution in [0.2, 0.25) is 0 Å². The summed E-state index contributed by atoms with van der Waals surface area (Å²) in [6.07, 6.45) is 2.72. The summed E-state index contributed by atoms with van der Waals surface area (Å²) >= 11 is 0. The van der Waals surface area contributed by atoms with Crippen LogP contribution in [0.4, 0.5) is 0 Å². The molecule has 3 heteroatoms. The van der Waals surface area contributed by atoms with Crippen molar-refractivity contribution in [2.75, 3.05) is 26.3 Å². The van der Waals surface area contributed by atoms with Gasteiger partial charge in [-0.25, -0.2) is 5.32 Å². The predicted molar refractivity (Wildman–Crippen MR) is 44.5 cm³/mol. The van der Waals surface area contributed by atoms with E-state index in [1.807, 2.05) is 0 Å². The fraction of sp³-hybridized carbons (Fsp3) is 1.00. The van der Waals surface area contributed by atoms with Crippen LogP contribution in [0.25, 0.3) is 0 Å². The second kappa shape index (κ2) is 5.52. The normalized spacial score (nSPS) is 25.4. The van der Waals surface area contributed by atoms with Crippen LogP contribution in [-0.4, -0.2) is 32.5 Å². The van der Waals surface area contributed by atoms with Gasteiger partial charge in [-0.2, -0.15) is 0 Å². The number of nitrogens with zero attached hydrogens (tertiary/aromatic N) is 1. The Morgan fingerprint density at radius 3 is 3.18 bits per heavy atom. The van der Waals surface area contributed by atoms with Crippen LogP contribution in [0.5, 0.6) is 0 Å². The molecule has 0 aromatic heterocycles. The van der Waals surface area contributed by atoms with Crippen LogP contribution in [0.3, 0.4) is 0 Å². The predicted octanol–water partition coefficient (Wildman–Crippen LogP) is 0.337. The summed E-state index contributed by atoms with van der Waals surface area (Å²) in [5.41, 5.74) is 0. The van der Waals surface area contributed by atoms with Gasteiger partial charge in [-0.1, -0.05) is 13.3 Å². The van der Waals surface area contributed by atoms with Gasteiger partial charge in [0.25, 0.3) is 0 Å². The zero-order chi connectivity index (χ0) is 7.94. The van der Waals surface area contributed by atoms with Crippen LogP contribution in [0, 0.1) is 0 Å². The molecule has 1 atom stereocenters. The summed E-state index contributed by atoms with van der Waals surface area (Å²) in [4.78, 5) is 0. The number of hydrogen-bond acceptors (Lipinski definition) is 2. The van der Waals surface area contributed by atoms with Crippen LogP contribution in [0.1, 0.15) is 19.8 Å². The van der Waals surface area contributed by atoms with E-state index in [0.717, 1.165) is 26.3 Å². The molecule has 0 saturated carbocycles. The van der Waals surface area contributed by atoms with Gasteiger partial charge >= 0.3 is 0 Å². The molecule has 0 spiro atoms. The Morgan fingerprint density at radius 1 is 1.64 bits per heavy atom. The Morgan fingerprint density at radius 2 is 2.55 bits per heavy atom. The van der Waals surface area contributed by atoms with Crippen molar-refractivity contribution in [1.82, 2.24) is 10.6 Å². The molecule has 11 heavy (non-hydrogen) atoms. The minimum Gasteiger partial charge on any atom is -0.377 e. The van der Waals surface area contributed by atoms with Crippen LogP contribution < -0.4 is 10.6 Å². The van der Waals surface area contributed by atoms with Gasteiger partial charge in [0, 0.05) is 6.54 Å². The molecular formula is C8H17N2O. The zero-order valence-electron chi connectivity index (χ0n) is 7.18. The molecule has 1 unspecified atom stereocenters. The number of unbranched alkanes of at least 4 members (excludes halogenated alkanes) is 1. The highest BCUT2D eigenvalue weighted by molar-refractivity contribution is 4.66. The van der Waals surface area contributed by atoms with Gasteiger partial charge in [-0.15, -0.1) is 0 Å². The maximum absolute atomic E-state index is 5.26. The second-order valence-corrected chi connectivity index (χ2v) is 2.80. The van der Waals surface area contributed by atoms with Gasteiger partial charge in [-0.05, 0) is 13.0 Å². The highest BCUT2D eigenvalue weighted by Crippen LogP contribution is 1.92. The second-order valence-electron chi connectivity index (χ2n) is 2.80. The topological polar surface area (TPSA) is 35.4 Å². The molecule has 1 saturated heterocycles. The first kappa shape index (κ1) is 8.97. The highest BCUT2D eigenvalue weighted by atomic mass is 16.5. The Balaban J connectivity index is 1.96. The molecule has 0 aromatic carbocycles. The van der Waals surface area contributed by atoms with E-state index < -0.39 is 0 Å². The van der Waals surface area contributed by atoms with E-state index >= 15 is 0 Å². The molecule has 1 rings (SSSR count). The molecule has 1 heterocycles. The van der Waals surface area contributed by atoms with Crippen molar-refractivity contribution in [2.45, 2.75) is 25.9 Å². The van der Waals surface area contributed by atoms with Crippen molar-refractivity contribution < 1.29 is 4.74 Å². The van der Waals surface area contributed by atoms with E-state index in [1.165, 1.54) is 12.8 Å². The van der Waals surface area contributed by atoms with Crippen molar-refractivity contribution in [2.24, 2.45) is 0 Å².